The number of benzene rings is 2. The third kappa shape index (κ3) is 5.38. The lowest BCUT2D eigenvalue weighted by Crippen LogP contribution is -2.36. The first-order chi connectivity index (χ1) is 15.7. The molecule has 2 aromatic carbocycles. The summed E-state index contributed by atoms with van der Waals surface area (Å²) in [4.78, 5) is 21.8. The second-order valence-corrected chi connectivity index (χ2v) is 8.31. The molecule has 0 radical (unpaired) electrons. The van der Waals surface area contributed by atoms with Gasteiger partial charge in [-0.2, -0.15) is 0 Å². The zero-order chi connectivity index (χ0) is 22.3. The van der Waals surface area contributed by atoms with E-state index in [2.05, 4.69) is 4.99 Å². The molecule has 0 atom stereocenters. The fraction of sp³-hybridized carbons (Fsp3) is 0.333. The Morgan fingerprint density at radius 1 is 1.19 bits per heavy atom. The molecular formula is C24H26FN3O3S. The molecule has 0 saturated carbocycles. The van der Waals surface area contributed by atoms with Crippen molar-refractivity contribution in [1.82, 2.24) is 4.90 Å². The lowest BCUT2D eigenvalue weighted by Gasteiger charge is -2.29. The average molecular weight is 456 g/mol. The first-order valence-corrected chi connectivity index (χ1v) is 11.5. The zero-order valence-electron chi connectivity index (χ0n) is 18.0. The number of para-hydroxylation sites is 1. The highest BCUT2D eigenvalue weighted by atomic mass is 32.2. The molecule has 2 aliphatic heterocycles. The van der Waals surface area contributed by atoms with Crippen LogP contribution in [-0.2, 0) is 14.3 Å². The van der Waals surface area contributed by atoms with E-state index >= 15 is 0 Å². The van der Waals surface area contributed by atoms with Gasteiger partial charge in [-0.15, -0.1) is 0 Å². The molecule has 168 valence electrons. The molecule has 2 heterocycles. The number of aliphatic imine (C=N–C) groups is 1. The number of halogens is 1. The van der Waals surface area contributed by atoms with Crippen LogP contribution in [0.15, 0.2) is 58.4 Å². The summed E-state index contributed by atoms with van der Waals surface area (Å²) in [7, 11) is 0. The SMILES string of the molecule is CCOCCN1C(=O)/C(=C/c2ccc(N3CCOCC3)c(F)c2)SC1=Nc1ccccc1. The summed E-state index contributed by atoms with van der Waals surface area (Å²) >= 11 is 1.30. The monoisotopic (exact) mass is 455 g/mol. The van der Waals surface area contributed by atoms with Crippen LogP contribution in [0.4, 0.5) is 15.8 Å². The minimum absolute atomic E-state index is 0.151. The van der Waals surface area contributed by atoms with E-state index in [9.17, 15) is 9.18 Å². The van der Waals surface area contributed by atoms with Gasteiger partial charge in [0.05, 0.1) is 42.6 Å². The number of rotatable bonds is 7. The molecular weight excluding hydrogens is 429 g/mol. The second kappa shape index (κ2) is 10.8. The molecule has 0 aliphatic carbocycles. The largest absolute Gasteiger partial charge is 0.380 e. The summed E-state index contributed by atoms with van der Waals surface area (Å²) in [6, 6.07) is 14.6. The topological polar surface area (TPSA) is 54.4 Å². The summed E-state index contributed by atoms with van der Waals surface area (Å²) in [5.74, 6) is -0.454. The van der Waals surface area contributed by atoms with Crippen LogP contribution in [-0.4, -0.2) is 62.0 Å². The van der Waals surface area contributed by atoms with Crippen LogP contribution in [0, 0.1) is 5.82 Å². The molecule has 2 fully saturated rings. The van der Waals surface area contributed by atoms with Crippen molar-refractivity contribution in [2.24, 2.45) is 4.99 Å². The van der Waals surface area contributed by atoms with Crippen LogP contribution < -0.4 is 4.90 Å². The van der Waals surface area contributed by atoms with Crippen LogP contribution >= 0.6 is 11.8 Å². The Morgan fingerprint density at radius 2 is 1.97 bits per heavy atom. The summed E-state index contributed by atoms with van der Waals surface area (Å²) < 4.78 is 25.6. The van der Waals surface area contributed by atoms with Gasteiger partial charge in [0.25, 0.3) is 5.91 Å². The smallest absolute Gasteiger partial charge is 0.266 e. The Kier molecular flexibility index (Phi) is 7.57. The molecule has 2 aliphatic rings. The van der Waals surface area contributed by atoms with E-state index < -0.39 is 0 Å². The molecule has 0 N–H and O–H groups in total. The first kappa shape index (κ1) is 22.5. The number of amides is 1. The van der Waals surface area contributed by atoms with Crippen molar-refractivity contribution < 1.29 is 18.7 Å². The normalized spacial score (nSPS) is 19.4. The van der Waals surface area contributed by atoms with Crippen LogP contribution in [0.3, 0.4) is 0 Å². The maximum atomic E-state index is 14.8. The number of morpholine rings is 1. The number of amidine groups is 1. The highest BCUT2D eigenvalue weighted by Crippen LogP contribution is 2.34. The highest BCUT2D eigenvalue weighted by molar-refractivity contribution is 8.18. The molecule has 1 amide bonds. The Balaban J connectivity index is 1.57. The Morgan fingerprint density at radius 3 is 2.69 bits per heavy atom. The zero-order valence-corrected chi connectivity index (χ0v) is 18.8. The lowest BCUT2D eigenvalue weighted by molar-refractivity contribution is -0.122. The van der Waals surface area contributed by atoms with Gasteiger partial charge >= 0.3 is 0 Å². The number of nitrogens with zero attached hydrogens (tertiary/aromatic N) is 3. The van der Waals surface area contributed by atoms with E-state index in [1.807, 2.05) is 48.2 Å². The maximum Gasteiger partial charge on any atom is 0.266 e. The van der Waals surface area contributed by atoms with Gasteiger partial charge in [0.2, 0.25) is 0 Å². The summed E-state index contributed by atoms with van der Waals surface area (Å²) in [5.41, 5.74) is 1.97. The van der Waals surface area contributed by atoms with Crippen LogP contribution in [0.1, 0.15) is 12.5 Å². The van der Waals surface area contributed by atoms with E-state index in [1.165, 1.54) is 17.8 Å². The fourth-order valence-corrected chi connectivity index (χ4v) is 4.55. The van der Waals surface area contributed by atoms with Gasteiger partial charge in [0.15, 0.2) is 5.17 Å². The van der Waals surface area contributed by atoms with Gasteiger partial charge in [-0.3, -0.25) is 9.69 Å². The van der Waals surface area contributed by atoms with Crippen molar-refractivity contribution in [2.45, 2.75) is 6.92 Å². The number of anilines is 1. The highest BCUT2D eigenvalue weighted by Gasteiger charge is 2.33. The van der Waals surface area contributed by atoms with Crippen molar-refractivity contribution >= 4 is 40.3 Å². The number of hydrogen-bond acceptors (Lipinski definition) is 6. The third-order valence-electron chi connectivity index (χ3n) is 5.15. The van der Waals surface area contributed by atoms with Gasteiger partial charge < -0.3 is 14.4 Å². The minimum Gasteiger partial charge on any atom is -0.380 e. The van der Waals surface area contributed by atoms with Gasteiger partial charge in [-0.05, 0) is 54.6 Å². The standard InChI is InChI=1S/C24H26FN3O3S/c1-2-30-15-12-28-23(29)22(32-24(28)26-19-6-4-3-5-7-19)17-18-8-9-21(20(25)16-18)27-10-13-31-14-11-27/h3-9,16-17H,2,10-15H2,1H3/b22-17-,26-24?. The van der Waals surface area contributed by atoms with Gasteiger partial charge in [-0.25, -0.2) is 9.38 Å². The summed E-state index contributed by atoms with van der Waals surface area (Å²) in [6.07, 6.45) is 1.72. The quantitative estimate of drug-likeness (QED) is 0.460. The third-order valence-corrected chi connectivity index (χ3v) is 6.16. The van der Waals surface area contributed by atoms with Crippen molar-refractivity contribution in [3.63, 3.8) is 0 Å². The van der Waals surface area contributed by atoms with E-state index in [0.29, 0.717) is 67.4 Å². The number of hydrogen-bond donors (Lipinski definition) is 0. The predicted octanol–water partition coefficient (Wildman–Crippen LogP) is 4.30. The Labute approximate surface area is 191 Å². The van der Waals surface area contributed by atoms with E-state index in [0.717, 1.165) is 5.69 Å². The van der Waals surface area contributed by atoms with Crippen molar-refractivity contribution in [3.05, 3.63) is 64.8 Å². The van der Waals surface area contributed by atoms with Gasteiger partial charge in [0.1, 0.15) is 5.82 Å². The average Bonchev–Trinajstić information content (AvgIpc) is 3.09. The lowest BCUT2D eigenvalue weighted by atomic mass is 10.1. The fourth-order valence-electron chi connectivity index (χ4n) is 3.53. The molecule has 2 aromatic rings. The summed E-state index contributed by atoms with van der Waals surface area (Å²) in [6.45, 7) is 5.85. The maximum absolute atomic E-state index is 14.8. The number of ether oxygens (including phenoxy) is 2. The van der Waals surface area contributed by atoms with Crippen LogP contribution in [0.2, 0.25) is 0 Å². The molecule has 0 aromatic heterocycles. The molecule has 4 rings (SSSR count). The molecule has 2 saturated heterocycles. The molecule has 8 heteroatoms. The van der Waals surface area contributed by atoms with Crippen molar-refractivity contribution in [2.75, 3.05) is 51.0 Å². The van der Waals surface area contributed by atoms with Gasteiger partial charge in [0, 0.05) is 19.7 Å². The predicted molar refractivity (Wildman–Crippen MR) is 127 cm³/mol. The minimum atomic E-state index is -0.303. The van der Waals surface area contributed by atoms with E-state index in [-0.39, 0.29) is 11.7 Å². The van der Waals surface area contributed by atoms with Crippen molar-refractivity contribution in [3.8, 4) is 0 Å². The Hall–Kier alpha value is -2.68. The van der Waals surface area contributed by atoms with E-state index in [1.54, 1.807) is 17.0 Å². The molecule has 0 spiro atoms. The Bertz CT molecular complexity index is 1010. The molecule has 0 unspecified atom stereocenters. The van der Waals surface area contributed by atoms with Gasteiger partial charge in [-0.1, -0.05) is 24.3 Å². The summed E-state index contributed by atoms with van der Waals surface area (Å²) in [5, 5.41) is 0.595. The molecule has 0 bridgehead atoms. The molecule has 6 nitrogen and oxygen atoms in total. The number of carbonyl (C=O) groups is 1. The van der Waals surface area contributed by atoms with Crippen LogP contribution in [0.25, 0.3) is 6.08 Å². The van der Waals surface area contributed by atoms with Crippen LogP contribution in [0.5, 0.6) is 0 Å². The second-order valence-electron chi connectivity index (χ2n) is 7.30. The first-order valence-electron chi connectivity index (χ1n) is 10.7. The van der Waals surface area contributed by atoms with E-state index in [4.69, 9.17) is 9.47 Å². The van der Waals surface area contributed by atoms with Crippen molar-refractivity contribution in [1.29, 1.82) is 0 Å². The number of thioether (sulfide) groups is 1. The molecule has 32 heavy (non-hydrogen) atoms. The number of carbonyl (C=O) groups excluding carboxylic acids is 1.